The molecule has 0 aliphatic carbocycles. The molecule has 1 fully saturated rings. The molecule has 1 aromatic carbocycles. The third kappa shape index (κ3) is 4.93. The molecule has 2 rings (SSSR count). The second kappa shape index (κ2) is 7.64. The smallest absolute Gasteiger partial charge is 0.394 e. The molecule has 9 nitrogen and oxygen atoms in total. The van der Waals surface area contributed by atoms with E-state index in [9.17, 15) is 23.7 Å². The van der Waals surface area contributed by atoms with E-state index in [1.807, 2.05) is 6.07 Å². The van der Waals surface area contributed by atoms with Crippen LogP contribution in [-0.4, -0.2) is 65.6 Å². The molecule has 0 amide bonds. The molecule has 0 aromatic heterocycles. The summed E-state index contributed by atoms with van der Waals surface area (Å²) >= 11 is 0. The van der Waals surface area contributed by atoms with E-state index in [1.54, 1.807) is 24.3 Å². The Bertz CT molecular complexity index is 589. The van der Waals surface area contributed by atoms with Gasteiger partial charge >= 0.3 is 10.4 Å². The molecule has 4 N–H and O–H groups in total. The van der Waals surface area contributed by atoms with E-state index in [4.69, 9.17) is 14.0 Å². The zero-order valence-electron chi connectivity index (χ0n) is 11.9. The van der Waals surface area contributed by atoms with Crippen LogP contribution in [0.4, 0.5) is 0 Å². The molecule has 10 heteroatoms. The largest absolute Gasteiger partial charge is 0.397 e. The number of aliphatic hydroxyl groups is 3. The molecule has 1 aliphatic rings. The van der Waals surface area contributed by atoms with Gasteiger partial charge in [0.05, 0.1) is 13.2 Å². The van der Waals surface area contributed by atoms with Gasteiger partial charge in [-0.3, -0.25) is 4.55 Å². The van der Waals surface area contributed by atoms with Crippen molar-refractivity contribution in [3.63, 3.8) is 0 Å². The second-order valence-electron chi connectivity index (χ2n) is 4.99. The third-order valence-corrected chi connectivity index (χ3v) is 3.78. The monoisotopic (exact) mass is 350 g/mol. The molecule has 0 radical (unpaired) electrons. The van der Waals surface area contributed by atoms with E-state index in [0.717, 1.165) is 5.56 Å². The SMILES string of the molecule is O=S(=O)(O)O[C@@H]1[C@H](O)[C@@H](O)[C@H](OCc2ccccc2)O[C@@H]1CO. The summed E-state index contributed by atoms with van der Waals surface area (Å²) in [6, 6.07) is 8.95. The summed E-state index contributed by atoms with van der Waals surface area (Å²) in [5.41, 5.74) is 0.787. The van der Waals surface area contributed by atoms with E-state index in [-0.39, 0.29) is 6.61 Å². The molecule has 5 atom stereocenters. The number of rotatable bonds is 6. The van der Waals surface area contributed by atoms with Gasteiger partial charge < -0.3 is 24.8 Å². The van der Waals surface area contributed by atoms with Crippen LogP contribution in [0.3, 0.4) is 0 Å². The first-order valence-electron chi connectivity index (χ1n) is 6.75. The molecule has 1 aromatic rings. The molecule has 0 unspecified atom stereocenters. The van der Waals surface area contributed by atoms with Crippen molar-refractivity contribution in [3.8, 4) is 0 Å². The summed E-state index contributed by atoms with van der Waals surface area (Å²) in [6.45, 7) is -0.646. The fourth-order valence-corrected chi connectivity index (χ4v) is 2.72. The summed E-state index contributed by atoms with van der Waals surface area (Å²) in [4.78, 5) is 0. The van der Waals surface area contributed by atoms with Gasteiger partial charge in [0, 0.05) is 0 Å². The first-order chi connectivity index (χ1) is 10.8. The average Bonchev–Trinajstić information content (AvgIpc) is 2.51. The van der Waals surface area contributed by atoms with Gasteiger partial charge in [0.2, 0.25) is 0 Å². The van der Waals surface area contributed by atoms with E-state index >= 15 is 0 Å². The van der Waals surface area contributed by atoms with Crippen LogP contribution in [0, 0.1) is 0 Å². The first kappa shape index (κ1) is 18.2. The highest BCUT2D eigenvalue weighted by Crippen LogP contribution is 2.26. The lowest BCUT2D eigenvalue weighted by Crippen LogP contribution is -2.60. The van der Waals surface area contributed by atoms with Crippen LogP contribution >= 0.6 is 0 Å². The van der Waals surface area contributed by atoms with Crippen LogP contribution in [0.25, 0.3) is 0 Å². The minimum atomic E-state index is -4.90. The number of hydrogen-bond donors (Lipinski definition) is 4. The highest BCUT2D eigenvalue weighted by molar-refractivity contribution is 7.80. The van der Waals surface area contributed by atoms with Gasteiger partial charge in [-0.15, -0.1) is 0 Å². The van der Waals surface area contributed by atoms with E-state index in [1.165, 1.54) is 0 Å². The quantitative estimate of drug-likeness (QED) is 0.467. The van der Waals surface area contributed by atoms with Crippen LogP contribution in [0.15, 0.2) is 30.3 Å². The van der Waals surface area contributed by atoms with Crippen LogP contribution in [0.2, 0.25) is 0 Å². The van der Waals surface area contributed by atoms with Gasteiger partial charge in [-0.1, -0.05) is 30.3 Å². The van der Waals surface area contributed by atoms with Gasteiger partial charge in [-0.25, -0.2) is 4.18 Å². The van der Waals surface area contributed by atoms with Crippen LogP contribution in [-0.2, 0) is 30.7 Å². The molecule has 1 heterocycles. The standard InChI is InChI=1S/C13H18O9S/c14-6-9-12(22-23(17,18)19)10(15)11(16)13(21-9)20-7-8-4-2-1-3-5-8/h1-5,9-16H,6-7H2,(H,17,18,19)/t9-,10-,11-,12+,13-/m1/s1. The zero-order chi connectivity index (χ0) is 17.0. The highest BCUT2D eigenvalue weighted by Gasteiger charge is 2.47. The summed E-state index contributed by atoms with van der Waals surface area (Å²) in [6.07, 6.45) is -7.65. The maximum absolute atomic E-state index is 10.8. The highest BCUT2D eigenvalue weighted by atomic mass is 32.3. The lowest BCUT2D eigenvalue weighted by atomic mass is 9.99. The van der Waals surface area contributed by atoms with E-state index in [0.29, 0.717) is 0 Å². The molecular weight excluding hydrogens is 332 g/mol. The van der Waals surface area contributed by atoms with Crippen LogP contribution in [0.5, 0.6) is 0 Å². The number of benzene rings is 1. The Morgan fingerprint density at radius 1 is 1.13 bits per heavy atom. The Morgan fingerprint density at radius 3 is 2.35 bits per heavy atom. The molecule has 23 heavy (non-hydrogen) atoms. The van der Waals surface area contributed by atoms with Crippen molar-refractivity contribution in [3.05, 3.63) is 35.9 Å². The van der Waals surface area contributed by atoms with Gasteiger partial charge in [0.15, 0.2) is 6.29 Å². The lowest BCUT2D eigenvalue weighted by Gasteiger charge is -2.40. The lowest BCUT2D eigenvalue weighted by molar-refractivity contribution is -0.300. The van der Waals surface area contributed by atoms with Crippen molar-refractivity contribution >= 4 is 10.4 Å². The number of aliphatic hydroxyl groups excluding tert-OH is 3. The maximum atomic E-state index is 10.8. The maximum Gasteiger partial charge on any atom is 0.397 e. The predicted molar refractivity (Wildman–Crippen MR) is 75.4 cm³/mol. The number of hydrogen-bond acceptors (Lipinski definition) is 8. The van der Waals surface area contributed by atoms with Crippen molar-refractivity contribution in [2.75, 3.05) is 6.61 Å². The average molecular weight is 350 g/mol. The number of ether oxygens (including phenoxy) is 2. The zero-order valence-corrected chi connectivity index (χ0v) is 12.7. The van der Waals surface area contributed by atoms with Crippen molar-refractivity contribution in [1.29, 1.82) is 0 Å². The van der Waals surface area contributed by atoms with E-state index < -0.39 is 47.7 Å². The normalized spacial score (nSPS) is 31.9. The molecule has 130 valence electrons. The second-order valence-corrected chi connectivity index (χ2v) is 6.04. The van der Waals surface area contributed by atoms with Crippen molar-refractivity contribution in [1.82, 2.24) is 0 Å². The van der Waals surface area contributed by atoms with Crippen molar-refractivity contribution in [2.45, 2.75) is 37.3 Å². The summed E-state index contributed by atoms with van der Waals surface area (Å²) in [5, 5.41) is 29.1. The molecule has 0 bridgehead atoms. The van der Waals surface area contributed by atoms with Crippen LogP contribution in [0.1, 0.15) is 5.56 Å². The fraction of sp³-hybridized carbons (Fsp3) is 0.538. The minimum Gasteiger partial charge on any atom is -0.394 e. The predicted octanol–water partition coefficient (Wildman–Crippen LogP) is -1.17. The topological polar surface area (TPSA) is 143 Å². The van der Waals surface area contributed by atoms with Crippen LogP contribution < -0.4 is 0 Å². The summed E-state index contributed by atoms with van der Waals surface area (Å²) in [5.74, 6) is 0. The molecule has 1 saturated heterocycles. The Labute approximate surface area is 133 Å². The Morgan fingerprint density at radius 2 is 1.78 bits per heavy atom. The summed E-state index contributed by atoms with van der Waals surface area (Å²) < 4.78 is 45.1. The van der Waals surface area contributed by atoms with Gasteiger partial charge in [-0.2, -0.15) is 8.42 Å². The third-order valence-electron chi connectivity index (χ3n) is 3.31. The van der Waals surface area contributed by atoms with E-state index in [2.05, 4.69) is 4.18 Å². The molecule has 0 spiro atoms. The Hall–Kier alpha value is -1.11. The van der Waals surface area contributed by atoms with Crippen molar-refractivity contribution < 1.29 is 41.9 Å². The Kier molecular flexibility index (Phi) is 6.06. The fourth-order valence-electron chi connectivity index (χ4n) is 2.20. The van der Waals surface area contributed by atoms with Crippen molar-refractivity contribution in [2.24, 2.45) is 0 Å². The summed E-state index contributed by atoms with van der Waals surface area (Å²) in [7, 11) is -4.90. The molecular formula is C13H18O9S. The molecule has 0 saturated carbocycles. The van der Waals surface area contributed by atoms with Gasteiger partial charge in [0.1, 0.15) is 24.4 Å². The first-order valence-corrected chi connectivity index (χ1v) is 8.12. The van der Waals surface area contributed by atoms with Gasteiger partial charge in [-0.05, 0) is 5.56 Å². The van der Waals surface area contributed by atoms with Gasteiger partial charge in [0.25, 0.3) is 0 Å². The minimum absolute atomic E-state index is 0.0667. The Balaban J connectivity index is 2.04. The molecule has 1 aliphatic heterocycles.